The number of amides is 3. The van der Waals surface area contributed by atoms with Crippen molar-refractivity contribution in [2.75, 3.05) is 11.9 Å². The number of urea groups is 1. The number of halogens is 1. The second kappa shape index (κ2) is 7.82. The first kappa shape index (κ1) is 17.1. The monoisotopic (exact) mass is 331 g/mol. The molecule has 0 saturated heterocycles. The number of imide groups is 1. The Morgan fingerprint density at radius 1 is 1.17 bits per heavy atom. The van der Waals surface area contributed by atoms with Crippen LogP contribution in [-0.4, -0.2) is 29.5 Å². The van der Waals surface area contributed by atoms with E-state index in [1.54, 1.807) is 13.0 Å². The van der Waals surface area contributed by atoms with Crippen LogP contribution in [-0.2, 0) is 9.53 Å². The molecule has 0 aliphatic rings. The van der Waals surface area contributed by atoms with Crippen LogP contribution >= 0.6 is 0 Å². The summed E-state index contributed by atoms with van der Waals surface area (Å²) in [7, 11) is 0. The lowest BCUT2D eigenvalue weighted by molar-refractivity contribution is -0.123. The van der Waals surface area contributed by atoms with Crippen LogP contribution in [0.15, 0.2) is 42.6 Å². The van der Waals surface area contributed by atoms with E-state index in [4.69, 9.17) is 4.74 Å². The van der Waals surface area contributed by atoms with Crippen molar-refractivity contribution in [3.63, 3.8) is 0 Å². The summed E-state index contributed by atoms with van der Waals surface area (Å²) in [5.74, 6) is -2.23. The van der Waals surface area contributed by atoms with E-state index in [-0.39, 0.29) is 11.3 Å². The van der Waals surface area contributed by atoms with Crippen LogP contribution in [0.25, 0.3) is 0 Å². The minimum absolute atomic E-state index is 0.0782. The van der Waals surface area contributed by atoms with Crippen molar-refractivity contribution in [2.24, 2.45) is 0 Å². The highest BCUT2D eigenvalue weighted by Crippen LogP contribution is 2.11. The van der Waals surface area contributed by atoms with Gasteiger partial charge in [-0.3, -0.25) is 15.1 Å². The SMILES string of the molecule is Cc1ccc(C(=O)OCC(=O)NC(=O)Nc2ccccc2F)cn1. The molecule has 8 heteroatoms. The molecule has 0 aliphatic heterocycles. The van der Waals surface area contributed by atoms with Gasteiger partial charge >= 0.3 is 12.0 Å². The van der Waals surface area contributed by atoms with Crippen molar-refractivity contribution in [1.82, 2.24) is 10.3 Å². The number of aromatic nitrogens is 1. The zero-order chi connectivity index (χ0) is 17.5. The number of esters is 1. The molecule has 0 aliphatic carbocycles. The molecule has 0 saturated carbocycles. The Morgan fingerprint density at radius 3 is 2.58 bits per heavy atom. The summed E-state index contributed by atoms with van der Waals surface area (Å²) in [5, 5.41) is 4.09. The van der Waals surface area contributed by atoms with Gasteiger partial charge in [0.2, 0.25) is 0 Å². The first-order valence-corrected chi connectivity index (χ1v) is 6.91. The first-order valence-electron chi connectivity index (χ1n) is 6.91. The maximum atomic E-state index is 13.4. The quantitative estimate of drug-likeness (QED) is 0.836. The van der Waals surface area contributed by atoms with Crippen LogP contribution < -0.4 is 10.6 Å². The largest absolute Gasteiger partial charge is 0.452 e. The van der Waals surface area contributed by atoms with Crippen molar-refractivity contribution < 1.29 is 23.5 Å². The molecule has 1 heterocycles. The molecule has 2 aromatic rings. The molecule has 2 rings (SSSR count). The summed E-state index contributed by atoms with van der Waals surface area (Å²) in [6.07, 6.45) is 1.32. The molecular formula is C16H14FN3O4. The number of hydrogen-bond acceptors (Lipinski definition) is 5. The number of rotatable bonds is 4. The minimum Gasteiger partial charge on any atom is -0.452 e. The molecular weight excluding hydrogens is 317 g/mol. The summed E-state index contributed by atoms with van der Waals surface area (Å²) in [6.45, 7) is 1.11. The van der Waals surface area contributed by atoms with Crippen molar-refractivity contribution >= 4 is 23.6 Å². The lowest BCUT2D eigenvalue weighted by atomic mass is 10.2. The molecule has 0 spiro atoms. The Labute approximate surface area is 136 Å². The topological polar surface area (TPSA) is 97.4 Å². The second-order valence-electron chi connectivity index (χ2n) is 4.75. The predicted molar refractivity (Wildman–Crippen MR) is 82.8 cm³/mol. The van der Waals surface area contributed by atoms with E-state index >= 15 is 0 Å². The molecule has 3 amide bonds. The van der Waals surface area contributed by atoms with Gasteiger partial charge in [-0.05, 0) is 31.2 Å². The van der Waals surface area contributed by atoms with E-state index in [0.29, 0.717) is 0 Å². The summed E-state index contributed by atoms with van der Waals surface area (Å²) < 4.78 is 18.1. The standard InChI is InChI=1S/C16H14FN3O4/c1-10-6-7-11(8-18-10)15(22)24-9-14(21)20-16(23)19-13-5-3-2-4-12(13)17/h2-8H,9H2,1H3,(H2,19,20,21,23). The third-order valence-corrected chi connectivity index (χ3v) is 2.86. The summed E-state index contributed by atoms with van der Waals surface area (Å²) in [6, 6.07) is 7.68. The van der Waals surface area contributed by atoms with Gasteiger partial charge in [0, 0.05) is 11.9 Å². The van der Waals surface area contributed by atoms with Gasteiger partial charge in [-0.1, -0.05) is 12.1 Å². The third-order valence-electron chi connectivity index (χ3n) is 2.86. The number of pyridine rings is 1. The number of hydrogen-bond donors (Lipinski definition) is 2. The Kier molecular flexibility index (Phi) is 5.56. The average Bonchev–Trinajstić information content (AvgIpc) is 2.55. The van der Waals surface area contributed by atoms with Gasteiger partial charge in [0.05, 0.1) is 11.3 Å². The van der Waals surface area contributed by atoms with E-state index in [0.717, 1.165) is 11.8 Å². The number of carbonyl (C=O) groups excluding carboxylic acids is 3. The van der Waals surface area contributed by atoms with Crippen LogP contribution in [0.5, 0.6) is 0 Å². The Bertz CT molecular complexity index is 762. The Hall–Kier alpha value is -3.29. The highest BCUT2D eigenvalue weighted by Gasteiger charge is 2.13. The number of benzene rings is 1. The number of anilines is 1. The normalized spacial score (nSPS) is 9.92. The van der Waals surface area contributed by atoms with Gasteiger partial charge in [-0.25, -0.2) is 14.0 Å². The van der Waals surface area contributed by atoms with Crippen LogP contribution in [0, 0.1) is 12.7 Å². The highest BCUT2D eigenvalue weighted by molar-refractivity contribution is 6.02. The lowest BCUT2D eigenvalue weighted by Crippen LogP contribution is -2.37. The maximum absolute atomic E-state index is 13.4. The number of para-hydroxylation sites is 1. The number of carbonyl (C=O) groups is 3. The molecule has 24 heavy (non-hydrogen) atoms. The van der Waals surface area contributed by atoms with Gasteiger partial charge in [0.1, 0.15) is 5.82 Å². The van der Waals surface area contributed by atoms with E-state index in [1.807, 2.05) is 5.32 Å². The fraction of sp³-hybridized carbons (Fsp3) is 0.125. The van der Waals surface area contributed by atoms with Gasteiger partial charge in [-0.2, -0.15) is 0 Å². The molecule has 0 bridgehead atoms. The van der Waals surface area contributed by atoms with Gasteiger partial charge in [0.25, 0.3) is 5.91 Å². The van der Waals surface area contributed by atoms with Crippen molar-refractivity contribution in [1.29, 1.82) is 0 Å². The molecule has 7 nitrogen and oxygen atoms in total. The molecule has 124 valence electrons. The predicted octanol–water partition coefficient (Wildman–Crippen LogP) is 2.03. The van der Waals surface area contributed by atoms with Crippen LogP contribution in [0.1, 0.15) is 16.1 Å². The number of ether oxygens (including phenoxy) is 1. The van der Waals surface area contributed by atoms with Crippen LogP contribution in [0.3, 0.4) is 0 Å². The first-order chi connectivity index (χ1) is 11.5. The molecule has 0 atom stereocenters. The van der Waals surface area contributed by atoms with E-state index in [1.165, 1.54) is 30.5 Å². The van der Waals surface area contributed by atoms with Gasteiger partial charge < -0.3 is 10.1 Å². The second-order valence-corrected chi connectivity index (χ2v) is 4.75. The number of nitrogens with one attached hydrogen (secondary N) is 2. The van der Waals surface area contributed by atoms with E-state index in [9.17, 15) is 18.8 Å². The average molecular weight is 331 g/mol. The van der Waals surface area contributed by atoms with Crippen LogP contribution in [0.4, 0.5) is 14.9 Å². The third kappa shape index (κ3) is 4.87. The van der Waals surface area contributed by atoms with Gasteiger partial charge in [0.15, 0.2) is 6.61 Å². The Morgan fingerprint density at radius 2 is 1.92 bits per heavy atom. The van der Waals surface area contributed by atoms with E-state index in [2.05, 4.69) is 10.3 Å². The number of aryl methyl sites for hydroxylation is 1. The van der Waals surface area contributed by atoms with Crippen molar-refractivity contribution in [2.45, 2.75) is 6.92 Å². The molecule has 0 unspecified atom stereocenters. The fourth-order valence-corrected chi connectivity index (χ4v) is 1.68. The minimum atomic E-state index is -0.932. The fourth-order valence-electron chi connectivity index (χ4n) is 1.68. The van der Waals surface area contributed by atoms with E-state index < -0.39 is 30.3 Å². The summed E-state index contributed by atoms with van der Waals surface area (Å²) in [4.78, 5) is 38.7. The van der Waals surface area contributed by atoms with Crippen molar-refractivity contribution in [3.8, 4) is 0 Å². The smallest absolute Gasteiger partial charge is 0.340 e. The zero-order valence-electron chi connectivity index (χ0n) is 12.7. The lowest BCUT2D eigenvalue weighted by Gasteiger charge is -2.08. The molecule has 2 N–H and O–H groups in total. The highest BCUT2D eigenvalue weighted by atomic mass is 19.1. The zero-order valence-corrected chi connectivity index (χ0v) is 12.7. The Balaban J connectivity index is 1.80. The summed E-state index contributed by atoms with van der Waals surface area (Å²) >= 11 is 0. The molecule has 0 radical (unpaired) electrons. The molecule has 1 aromatic carbocycles. The van der Waals surface area contributed by atoms with Gasteiger partial charge in [-0.15, -0.1) is 0 Å². The maximum Gasteiger partial charge on any atom is 0.340 e. The van der Waals surface area contributed by atoms with Crippen LogP contribution in [0.2, 0.25) is 0 Å². The number of nitrogens with zero attached hydrogens (tertiary/aromatic N) is 1. The van der Waals surface area contributed by atoms with Crippen molar-refractivity contribution in [3.05, 3.63) is 59.7 Å². The molecule has 0 fully saturated rings. The molecule has 1 aromatic heterocycles. The summed E-state index contributed by atoms with van der Waals surface area (Å²) in [5.41, 5.74) is 0.837.